The number of rotatable bonds is 6. The van der Waals surface area contributed by atoms with Crippen molar-refractivity contribution in [2.45, 2.75) is 82.3 Å². The lowest BCUT2D eigenvalue weighted by Crippen LogP contribution is -2.32. The SMILES string of the molecule is N#Cc1cnc(NC2CCC(OC(F)F)CC2)nc1N[C@@H]1CCCC(O)C1. The molecule has 27 heavy (non-hydrogen) atoms. The van der Waals surface area contributed by atoms with Crippen LogP contribution in [0.2, 0.25) is 0 Å². The summed E-state index contributed by atoms with van der Waals surface area (Å²) in [6, 6.07) is 2.24. The van der Waals surface area contributed by atoms with Crippen LogP contribution in [0.4, 0.5) is 20.5 Å². The number of halogens is 2. The fraction of sp³-hybridized carbons (Fsp3) is 0.722. The van der Waals surface area contributed by atoms with E-state index in [4.69, 9.17) is 0 Å². The minimum absolute atomic E-state index is 0.0746. The molecule has 1 aromatic rings. The Hall–Kier alpha value is -2.05. The van der Waals surface area contributed by atoms with Gasteiger partial charge in [0.1, 0.15) is 17.5 Å². The molecule has 148 valence electrons. The number of alkyl halides is 2. The summed E-state index contributed by atoms with van der Waals surface area (Å²) in [6.07, 6.45) is 6.53. The molecule has 9 heteroatoms. The van der Waals surface area contributed by atoms with Crippen LogP contribution in [-0.2, 0) is 4.74 Å². The smallest absolute Gasteiger partial charge is 0.345 e. The van der Waals surface area contributed by atoms with Gasteiger partial charge in [-0.25, -0.2) is 4.98 Å². The highest BCUT2D eigenvalue weighted by molar-refractivity contribution is 5.54. The second kappa shape index (κ2) is 9.24. The van der Waals surface area contributed by atoms with E-state index in [-0.39, 0.29) is 18.2 Å². The summed E-state index contributed by atoms with van der Waals surface area (Å²) >= 11 is 0. The van der Waals surface area contributed by atoms with Gasteiger partial charge in [-0.1, -0.05) is 0 Å². The van der Waals surface area contributed by atoms with Gasteiger partial charge in [-0.15, -0.1) is 0 Å². The topological polar surface area (TPSA) is 103 Å². The normalized spacial score (nSPS) is 28.6. The molecule has 2 saturated carbocycles. The summed E-state index contributed by atoms with van der Waals surface area (Å²) < 4.78 is 29.2. The number of aliphatic hydroxyl groups is 1. The molecule has 2 atom stereocenters. The van der Waals surface area contributed by atoms with Crippen LogP contribution in [0.3, 0.4) is 0 Å². The first-order chi connectivity index (χ1) is 13.0. The third-order valence-electron chi connectivity index (χ3n) is 5.20. The maximum absolute atomic E-state index is 12.3. The highest BCUT2D eigenvalue weighted by atomic mass is 19.3. The zero-order chi connectivity index (χ0) is 19.2. The Morgan fingerprint density at radius 1 is 1.15 bits per heavy atom. The lowest BCUT2D eigenvalue weighted by molar-refractivity contribution is -0.169. The molecule has 1 unspecified atom stereocenters. The van der Waals surface area contributed by atoms with E-state index >= 15 is 0 Å². The second-order valence-electron chi connectivity index (χ2n) is 7.24. The number of aliphatic hydroxyl groups excluding tert-OH is 1. The molecule has 2 aliphatic rings. The van der Waals surface area contributed by atoms with Crippen molar-refractivity contribution in [2.24, 2.45) is 0 Å². The third-order valence-corrected chi connectivity index (χ3v) is 5.20. The number of nitriles is 1. The van der Waals surface area contributed by atoms with E-state index in [0.717, 1.165) is 19.3 Å². The van der Waals surface area contributed by atoms with Crippen molar-refractivity contribution in [3.05, 3.63) is 11.8 Å². The molecule has 0 amide bonds. The molecule has 1 heterocycles. The largest absolute Gasteiger partial charge is 0.393 e. The lowest BCUT2D eigenvalue weighted by atomic mass is 9.93. The first kappa shape index (κ1) is 19.7. The van der Waals surface area contributed by atoms with Gasteiger partial charge in [-0.05, 0) is 51.4 Å². The molecule has 0 bridgehead atoms. The minimum Gasteiger partial charge on any atom is -0.393 e. The molecular weight excluding hydrogens is 356 g/mol. The Morgan fingerprint density at radius 2 is 1.93 bits per heavy atom. The zero-order valence-corrected chi connectivity index (χ0v) is 15.1. The van der Waals surface area contributed by atoms with Gasteiger partial charge in [0.05, 0.1) is 18.4 Å². The summed E-state index contributed by atoms with van der Waals surface area (Å²) in [4.78, 5) is 8.63. The summed E-state index contributed by atoms with van der Waals surface area (Å²) in [5, 5.41) is 25.6. The molecular formula is C18H25F2N5O2. The lowest BCUT2D eigenvalue weighted by Gasteiger charge is -2.29. The van der Waals surface area contributed by atoms with Crippen molar-refractivity contribution in [2.75, 3.05) is 10.6 Å². The van der Waals surface area contributed by atoms with Gasteiger partial charge in [0, 0.05) is 12.1 Å². The molecule has 7 nitrogen and oxygen atoms in total. The monoisotopic (exact) mass is 381 g/mol. The van der Waals surface area contributed by atoms with Crippen LogP contribution in [0.5, 0.6) is 0 Å². The standard InChI is InChI=1S/C18H25F2N5O2/c19-17(20)27-15-6-4-12(5-7-15)24-18-22-10-11(9-21)16(25-18)23-13-2-1-3-14(26)8-13/h10,12-15,17,26H,1-8H2,(H2,22,23,24,25)/t12?,13-,14?,15?/m1/s1. The molecule has 0 aromatic carbocycles. The van der Waals surface area contributed by atoms with E-state index in [0.29, 0.717) is 49.4 Å². The average Bonchev–Trinajstić information content (AvgIpc) is 2.63. The molecule has 2 aliphatic carbocycles. The number of aromatic nitrogens is 2. The number of hydrogen-bond acceptors (Lipinski definition) is 7. The Labute approximate surface area is 157 Å². The molecule has 1 aromatic heterocycles. The van der Waals surface area contributed by atoms with Crippen LogP contribution in [0.15, 0.2) is 6.20 Å². The van der Waals surface area contributed by atoms with Crippen LogP contribution in [0.1, 0.15) is 56.9 Å². The van der Waals surface area contributed by atoms with Crippen molar-refractivity contribution in [1.29, 1.82) is 5.26 Å². The predicted molar refractivity (Wildman–Crippen MR) is 95.4 cm³/mol. The van der Waals surface area contributed by atoms with Gasteiger partial charge in [0.15, 0.2) is 0 Å². The zero-order valence-electron chi connectivity index (χ0n) is 15.1. The third kappa shape index (κ3) is 5.71. The van der Waals surface area contributed by atoms with Gasteiger partial charge in [-0.3, -0.25) is 0 Å². The van der Waals surface area contributed by atoms with Gasteiger partial charge in [0.2, 0.25) is 5.95 Å². The maximum atomic E-state index is 12.3. The molecule has 0 spiro atoms. The van der Waals surface area contributed by atoms with E-state index < -0.39 is 12.7 Å². The highest BCUT2D eigenvalue weighted by Crippen LogP contribution is 2.26. The number of nitrogens with one attached hydrogen (secondary N) is 2. The summed E-state index contributed by atoms with van der Waals surface area (Å²) in [5.74, 6) is 0.870. The van der Waals surface area contributed by atoms with E-state index in [1.165, 1.54) is 6.20 Å². The average molecular weight is 381 g/mol. The van der Waals surface area contributed by atoms with Crippen molar-refractivity contribution in [3.8, 4) is 6.07 Å². The van der Waals surface area contributed by atoms with E-state index in [1.54, 1.807) is 0 Å². The van der Waals surface area contributed by atoms with Gasteiger partial charge < -0.3 is 20.5 Å². The first-order valence-electron chi connectivity index (χ1n) is 9.45. The fourth-order valence-corrected chi connectivity index (χ4v) is 3.80. The molecule has 3 N–H and O–H groups in total. The Balaban J connectivity index is 1.59. The Bertz CT molecular complexity index is 662. The Morgan fingerprint density at radius 3 is 2.59 bits per heavy atom. The van der Waals surface area contributed by atoms with Crippen molar-refractivity contribution in [1.82, 2.24) is 9.97 Å². The van der Waals surface area contributed by atoms with Crippen molar-refractivity contribution in [3.63, 3.8) is 0 Å². The summed E-state index contributed by atoms with van der Waals surface area (Å²) in [6.45, 7) is -2.73. The van der Waals surface area contributed by atoms with Crippen molar-refractivity contribution < 1.29 is 18.6 Å². The van der Waals surface area contributed by atoms with E-state index in [1.807, 2.05) is 0 Å². The van der Waals surface area contributed by atoms with E-state index in [9.17, 15) is 19.1 Å². The number of anilines is 2. The van der Waals surface area contributed by atoms with Crippen LogP contribution in [-0.4, -0.2) is 46.0 Å². The summed E-state index contributed by atoms with van der Waals surface area (Å²) in [5.41, 5.74) is 0.356. The molecule has 2 fully saturated rings. The Kier molecular flexibility index (Phi) is 6.74. The van der Waals surface area contributed by atoms with Gasteiger partial charge >= 0.3 is 6.61 Å². The minimum atomic E-state index is -2.73. The van der Waals surface area contributed by atoms with Crippen LogP contribution in [0.25, 0.3) is 0 Å². The first-order valence-corrected chi connectivity index (χ1v) is 9.45. The van der Waals surface area contributed by atoms with Crippen LogP contribution >= 0.6 is 0 Å². The highest BCUT2D eigenvalue weighted by Gasteiger charge is 2.25. The number of nitrogens with zero attached hydrogens (tertiary/aromatic N) is 3. The predicted octanol–water partition coefficient (Wildman–Crippen LogP) is 3.03. The van der Waals surface area contributed by atoms with Gasteiger partial charge in [-0.2, -0.15) is 19.0 Å². The molecule has 0 saturated heterocycles. The molecule has 3 rings (SSSR count). The fourth-order valence-electron chi connectivity index (χ4n) is 3.80. The number of ether oxygens (including phenoxy) is 1. The van der Waals surface area contributed by atoms with Crippen molar-refractivity contribution >= 4 is 11.8 Å². The summed E-state index contributed by atoms with van der Waals surface area (Å²) in [7, 11) is 0. The molecule has 0 aliphatic heterocycles. The van der Waals surface area contributed by atoms with Gasteiger partial charge in [0.25, 0.3) is 0 Å². The quantitative estimate of drug-likeness (QED) is 0.696. The second-order valence-corrected chi connectivity index (χ2v) is 7.24. The van der Waals surface area contributed by atoms with Crippen LogP contribution in [0, 0.1) is 11.3 Å². The molecule has 0 radical (unpaired) electrons. The van der Waals surface area contributed by atoms with Crippen LogP contribution < -0.4 is 10.6 Å². The maximum Gasteiger partial charge on any atom is 0.345 e. The van der Waals surface area contributed by atoms with E-state index in [2.05, 4.69) is 31.4 Å². The number of hydrogen-bond donors (Lipinski definition) is 3.